The molecule has 0 spiro atoms. The summed E-state index contributed by atoms with van der Waals surface area (Å²) in [6, 6.07) is 13.0. The molecule has 1 aliphatic rings. The highest BCUT2D eigenvalue weighted by Crippen LogP contribution is 2.27. The van der Waals surface area contributed by atoms with E-state index < -0.39 is 0 Å². The van der Waals surface area contributed by atoms with Gasteiger partial charge in [-0.1, -0.05) is 24.3 Å². The Morgan fingerprint density at radius 2 is 1.94 bits per heavy atom. The summed E-state index contributed by atoms with van der Waals surface area (Å²) < 4.78 is 5.98. The van der Waals surface area contributed by atoms with Crippen molar-refractivity contribution in [2.24, 2.45) is 4.99 Å². The molecule has 0 amide bonds. The van der Waals surface area contributed by atoms with E-state index in [1.165, 1.54) is 30.8 Å². The molecule has 1 unspecified atom stereocenters. The Balaban J connectivity index is 0.00000341. The van der Waals surface area contributed by atoms with Crippen LogP contribution in [0.15, 0.2) is 46.8 Å². The minimum Gasteiger partial charge on any atom is -0.492 e. The number of nitrogens with one attached hydrogen (secondary N) is 2. The molecule has 8 heteroatoms. The lowest BCUT2D eigenvalue weighted by Crippen LogP contribution is -2.42. The minimum atomic E-state index is 0. The molecular formula is C23H36IN5OS. The number of hydrogen-bond acceptors (Lipinski definition) is 5. The minimum absolute atomic E-state index is 0. The number of rotatable bonds is 10. The third-order valence-corrected chi connectivity index (χ3v) is 6.33. The van der Waals surface area contributed by atoms with Crippen LogP contribution in [0, 0.1) is 0 Å². The topological polar surface area (TPSA) is 52.1 Å². The number of nitrogens with zero attached hydrogens (tertiary/aromatic N) is 3. The fraction of sp³-hybridized carbons (Fsp3) is 0.522. The van der Waals surface area contributed by atoms with E-state index in [1.807, 2.05) is 36.6 Å². The first-order chi connectivity index (χ1) is 14.7. The van der Waals surface area contributed by atoms with Gasteiger partial charge in [0.1, 0.15) is 12.4 Å². The van der Waals surface area contributed by atoms with Crippen LogP contribution in [0.3, 0.4) is 0 Å². The van der Waals surface area contributed by atoms with E-state index in [9.17, 15) is 0 Å². The normalized spacial score (nSPS) is 15.5. The average molecular weight is 558 g/mol. The highest BCUT2D eigenvalue weighted by molar-refractivity contribution is 14.0. The number of hydrogen-bond donors (Lipinski definition) is 2. The van der Waals surface area contributed by atoms with E-state index in [1.54, 1.807) is 0 Å². The van der Waals surface area contributed by atoms with E-state index in [-0.39, 0.29) is 24.0 Å². The van der Waals surface area contributed by atoms with Crippen molar-refractivity contribution in [1.82, 2.24) is 20.4 Å². The molecule has 0 aliphatic carbocycles. The fourth-order valence-electron chi connectivity index (χ4n) is 3.67. The summed E-state index contributed by atoms with van der Waals surface area (Å²) in [5.74, 6) is 1.75. The third-order valence-electron chi connectivity index (χ3n) is 5.35. The molecule has 1 aromatic carbocycles. The second-order valence-electron chi connectivity index (χ2n) is 7.84. The SMILES string of the molecule is CN=C(NCc1ccccc1OCCN(C)C)NCC(c1cccs1)N1CCCC1.I. The number of ether oxygens (including phenoxy) is 1. The summed E-state index contributed by atoms with van der Waals surface area (Å²) in [7, 11) is 5.93. The number of likely N-dealkylation sites (tertiary alicyclic amines) is 1. The standard InChI is InChI=1S/C23H35N5OS.HI/c1-24-23(25-17-19-9-4-5-10-21(19)29-15-14-27(2)3)26-18-20(22-11-8-16-30-22)28-12-6-7-13-28;/h4-5,8-11,16,20H,6-7,12-15,17-18H2,1-3H3,(H2,24,25,26);1H. The molecule has 1 saturated heterocycles. The molecule has 1 aliphatic heterocycles. The monoisotopic (exact) mass is 557 g/mol. The molecule has 172 valence electrons. The Kier molecular flexibility index (Phi) is 11.6. The van der Waals surface area contributed by atoms with Gasteiger partial charge in [0.15, 0.2) is 5.96 Å². The highest BCUT2D eigenvalue weighted by atomic mass is 127. The molecule has 1 atom stereocenters. The van der Waals surface area contributed by atoms with Crippen molar-refractivity contribution in [1.29, 1.82) is 0 Å². The van der Waals surface area contributed by atoms with Crippen molar-refractivity contribution in [3.63, 3.8) is 0 Å². The zero-order valence-corrected chi connectivity index (χ0v) is 22.0. The Bertz CT molecular complexity index is 778. The molecule has 31 heavy (non-hydrogen) atoms. The zero-order chi connectivity index (χ0) is 21.2. The van der Waals surface area contributed by atoms with Gasteiger partial charge in [0.05, 0.1) is 6.04 Å². The fourth-order valence-corrected chi connectivity index (χ4v) is 4.53. The maximum Gasteiger partial charge on any atom is 0.191 e. The van der Waals surface area contributed by atoms with Crippen molar-refractivity contribution in [3.05, 3.63) is 52.2 Å². The van der Waals surface area contributed by atoms with Gasteiger partial charge in [-0.2, -0.15) is 0 Å². The summed E-state index contributed by atoms with van der Waals surface area (Å²) in [5, 5.41) is 9.15. The first-order valence-electron chi connectivity index (χ1n) is 10.7. The van der Waals surface area contributed by atoms with Crippen LogP contribution < -0.4 is 15.4 Å². The quantitative estimate of drug-likeness (QED) is 0.265. The Morgan fingerprint density at radius 1 is 1.16 bits per heavy atom. The van der Waals surface area contributed by atoms with Gasteiger partial charge in [-0.3, -0.25) is 9.89 Å². The number of thiophene rings is 1. The third kappa shape index (κ3) is 8.25. The van der Waals surface area contributed by atoms with Gasteiger partial charge in [-0.05, 0) is 57.5 Å². The smallest absolute Gasteiger partial charge is 0.191 e. The molecule has 2 aromatic rings. The Morgan fingerprint density at radius 3 is 2.61 bits per heavy atom. The van der Waals surface area contributed by atoms with Crippen LogP contribution in [-0.4, -0.2) is 69.7 Å². The lowest BCUT2D eigenvalue weighted by atomic mass is 10.2. The van der Waals surface area contributed by atoms with Crippen LogP contribution in [0.5, 0.6) is 5.75 Å². The Hall–Kier alpha value is -1.36. The first kappa shape index (κ1) is 25.9. The van der Waals surface area contributed by atoms with Crippen molar-refractivity contribution in [2.75, 3.05) is 53.9 Å². The van der Waals surface area contributed by atoms with E-state index >= 15 is 0 Å². The van der Waals surface area contributed by atoms with E-state index in [0.29, 0.717) is 19.2 Å². The average Bonchev–Trinajstić information content (AvgIpc) is 3.46. The van der Waals surface area contributed by atoms with Crippen LogP contribution in [0.2, 0.25) is 0 Å². The van der Waals surface area contributed by atoms with Crippen LogP contribution in [-0.2, 0) is 6.54 Å². The van der Waals surface area contributed by atoms with Gasteiger partial charge in [-0.25, -0.2) is 0 Å². The molecule has 0 radical (unpaired) electrons. The molecule has 1 fully saturated rings. The number of likely N-dealkylation sites (N-methyl/N-ethyl adjacent to an activating group) is 1. The lowest BCUT2D eigenvalue weighted by molar-refractivity contribution is 0.249. The second-order valence-corrected chi connectivity index (χ2v) is 8.82. The molecule has 2 N–H and O–H groups in total. The van der Waals surface area contributed by atoms with Crippen LogP contribution in [0.4, 0.5) is 0 Å². The summed E-state index contributed by atoms with van der Waals surface area (Å²) in [4.78, 5) is 10.6. The number of benzene rings is 1. The second kappa shape index (κ2) is 13.9. The number of halogens is 1. The van der Waals surface area contributed by atoms with Gasteiger partial charge in [0.2, 0.25) is 0 Å². The van der Waals surface area contributed by atoms with Crippen molar-refractivity contribution < 1.29 is 4.74 Å². The van der Waals surface area contributed by atoms with Crippen LogP contribution in [0.25, 0.3) is 0 Å². The van der Waals surface area contributed by atoms with Crippen molar-refractivity contribution >= 4 is 41.3 Å². The van der Waals surface area contributed by atoms with Gasteiger partial charge in [0.25, 0.3) is 0 Å². The van der Waals surface area contributed by atoms with Gasteiger partial charge in [0, 0.05) is 37.1 Å². The molecule has 0 bridgehead atoms. The maximum atomic E-state index is 5.98. The first-order valence-corrected chi connectivity index (χ1v) is 11.6. The van der Waals surface area contributed by atoms with Gasteiger partial charge in [-0.15, -0.1) is 35.3 Å². The molecule has 3 rings (SSSR count). The van der Waals surface area contributed by atoms with Crippen LogP contribution in [0.1, 0.15) is 29.3 Å². The zero-order valence-electron chi connectivity index (χ0n) is 18.8. The molecular weight excluding hydrogens is 521 g/mol. The maximum absolute atomic E-state index is 5.98. The predicted molar refractivity (Wildman–Crippen MR) is 142 cm³/mol. The van der Waals surface area contributed by atoms with E-state index in [0.717, 1.165) is 30.4 Å². The summed E-state index contributed by atoms with van der Waals surface area (Å²) in [6.07, 6.45) is 2.58. The van der Waals surface area contributed by atoms with E-state index in [2.05, 4.69) is 63.1 Å². The molecule has 6 nitrogen and oxygen atoms in total. The van der Waals surface area contributed by atoms with E-state index in [4.69, 9.17) is 4.74 Å². The predicted octanol–water partition coefficient (Wildman–Crippen LogP) is 3.81. The van der Waals surface area contributed by atoms with Gasteiger partial charge >= 0.3 is 0 Å². The Labute approximate surface area is 208 Å². The molecule has 1 aromatic heterocycles. The van der Waals surface area contributed by atoms with Gasteiger partial charge < -0.3 is 20.3 Å². The highest BCUT2D eigenvalue weighted by Gasteiger charge is 2.24. The summed E-state index contributed by atoms with van der Waals surface area (Å²) >= 11 is 1.84. The largest absolute Gasteiger partial charge is 0.492 e. The van der Waals surface area contributed by atoms with Crippen LogP contribution >= 0.6 is 35.3 Å². The number of guanidine groups is 1. The molecule has 0 saturated carbocycles. The van der Waals surface area contributed by atoms with Crippen molar-refractivity contribution in [3.8, 4) is 5.75 Å². The number of aliphatic imine (C=N–C) groups is 1. The number of para-hydroxylation sites is 1. The van der Waals surface area contributed by atoms with Crippen molar-refractivity contribution in [2.45, 2.75) is 25.4 Å². The summed E-state index contributed by atoms with van der Waals surface area (Å²) in [6.45, 7) is 5.44. The summed E-state index contributed by atoms with van der Waals surface area (Å²) in [5.41, 5.74) is 1.13. The molecule has 2 heterocycles. The lowest BCUT2D eigenvalue weighted by Gasteiger charge is -2.27.